The van der Waals surface area contributed by atoms with E-state index in [1.807, 2.05) is 24.4 Å². The van der Waals surface area contributed by atoms with Crippen molar-refractivity contribution in [1.82, 2.24) is 19.9 Å². The molecule has 2 aliphatic heterocycles. The fraction of sp³-hybridized carbons (Fsp3) is 0.476. The van der Waals surface area contributed by atoms with Crippen LogP contribution in [0.1, 0.15) is 30.7 Å². The van der Waals surface area contributed by atoms with E-state index in [1.165, 1.54) is 0 Å². The van der Waals surface area contributed by atoms with Crippen LogP contribution >= 0.6 is 0 Å². The fourth-order valence-corrected chi connectivity index (χ4v) is 6.35. The molecule has 0 amide bonds. The van der Waals surface area contributed by atoms with Crippen LogP contribution in [0.2, 0.25) is 0 Å². The van der Waals surface area contributed by atoms with E-state index in [9.17, 15) is 4.21 Å². The predicted molar refractivity (Wildman–Crippen MR) is 119 cm³/mol. The SMILES string of the molecule is COc1cc(-c2nc([C@@H]3CCCS3(=N)=O)cc(N3CCOC[C@H]3C)n2)c2cc[nH]c2n1. The zero-order valence-corrected chi connectivity index (χ0v) is 18.4. The Morgan fingerprint density at radius 1 is 1.32 bits per heavy atom. The van der Waals surface area contributed by atoms with E-state index in [2.05, 4.69) is 21.8 Å². The number of nitrogens with zero attached hydrogens (tertiary/aromatic N) is 4. The summed E-state index contributed by atoms with van der Waals surface area (Å²) in [6, 6.07) is 5.84. The molecule has 3 aromatic rings. The zero-order chi connectivity index (χ0) is 21.6. The second-order valence-corrected chi connectivity index (χ2v) is 10.5. The molecule has 1 unspecified atom stereocenters. The fourth-order valence-electron chi connectivity index (χ4n) is 4.42. The first kappa shape index (κ1) is 20.2. The summed E-state index contributed by atoms with van der Waals surface area (Å²) < 4.78 is 32.3. The van der Waals surface area contributed by atoms with Crippen molar-refractivity contribution in [1.29, 1.82) is 4.78 Å². The first-order chi connectivity index (χ1) is 15.0. The van der Waals surface area contributed by atoms with Gasteiger partial charge in [0, 0.05) is 41.6 Å². The third-order valence-electron chi connectivity index (χ3n) is 6.05. The highest BCUT2D eigenvalue weighted by Gasteiger charge is 2.32. The Kier molecular flexibility index (Phi) is 5.05. The highest BCUT2D eigenvalue weighted by Crippen LogP contribution is 2.37. The molecular formula is C21H26N6O3S. The Hall–Kier alpha value is -2.72. The Balaban J connectivity index is 1.71. The topological polar surface area (TPSA) is 117 Å². The summed E-state index contributed by atoms with van der Waals surface area (Å²) in [5.41, 5.74) is 2.16. The summed E-state index contributed by atoms with van der Waals surface area (Å²) >= 11 is 0. The first-order valence-corrected chi connectivity index (χ1v) is 12.3. The van der Waals surface area contributed by atoms with Gasteiger partial charge in [0.2, 0.25) is 5.88 Å². The number of rotatable bonds is 4. The number of hydrogen-bond acceptors (Lipinski definition) is 8. The maximum Gasteiger partial charge on any atom is 0.215 e. The van der Waals surface area contributed by atoms with Crippen LogP contribution in [-0.2, 0) is 14.5 Å². The standard InChI is InChI=1S/C21H26N6O3S/c1-13-12-30-8-7-27(13)18-11-16(17-4-3-9-31(17,22)28)24-21(25-18)15-10-19(29-2)26-20-14(15)5-6-23-20/h5-6,10-11,13,17,22H,3-4,7-9,12H2,1-2H3,(H,23,26)/t13-,17+,31?/m1/s1. The molecule has 0 aliphatic carbocycles. The van der Waals surface area contributed by atoms with Crippen molar-refractivity contribution in [3.63, 3.8) is 0 Å². The molecule has 10 heteroatoms. The van der Waals surface area contributed by atoms with Crippen molar-refractivity contribution in [2.24, 2.45) is 0 Å². The second-order valence-electron chi connectivity index (χ2n) is 8.11. The lowest BCUT2D eigenvalue weighted by atomic mass is 10.1. The minimum Gasteiger partial charge on any atom is -0.481 e. The smallest absolute Gasteiger partial charge is 0.215 e. The van der Waals surface area contributed by atoms with Gasteiger partial charge in [-0.25, -0.2) is 14.2 Å². The van der Waals surface area contributed by atoms with Gasteiger partial charge in [-0.05, 0) is 25.8 Å². The average molecular weight is 443 g/mol. The molecule has 0 radical (unpaired) electrons. The van der Waals surface area contributed by atoms with Crippen molar-refractivity contribution >= 4 is 26.6 Å². The Morgan fingerprint density at radius 2 is 2.19 bits per heavy atom. The summed E-state index contributed by atoms with van der Waals surface area (Å²) in [4.78, 5) is 19.5. The van der Waals surface area contributed by atoms with Crippen molar-refractivity contribution < 1.29 is 13.7 Å². The van der Waals surface area contributed by atoms with Crippen LogP contribution in [0.4, 0.5) is 5.82 Å². The van der Waals surface area contributed by atoms with Gasteiger partial charge in [0.05, 0.1) is 47.0 Å². The quantitative estimate of drug-likeness (QED) is 0.637. The van der Waals surface area contributed by atoms with Crippen molar-refractivity contribution in [2.45, 2.75) is 31.1 Å². The molecule has 3 aromatic heterocycles. The van der Waals surface area contributed by atoms with Gasteiger partial charge in [0.1, 0.15) is 11.5 Å². The van der Waals surface area contributed by atoms with Crippen LogP contribution in [0.15, 0.2) is 24.4 Å². The molecule has 5 rings (SSSR count). The highest BCUT2D eigenvalue weighted by molar-refractivity contribution is 7.92. The second kappa shape index (κ2) is 7.76. The van der Waals surface area contributed by atoms with Crippen LogP contribution < -0.4 is 9.64 Å². The lowest BCUT2D eigenvalue weighted by molar-refractivity contribution is 0.0985. The Morgan fingerprint density at radius 3 is 2.94 bits per heavy atom. The van der Waals surface area contributed by atoms with Gasteiger partial charge in [0.25, 0.3) is 0 Å². The third-order valence-corrected chi connectivity index (χ3v) is 8.34. The number of H-pyrrole nitrogens is 1. The molecule has 2 fully saturated rings. The molecule has 2 N–H and O–H groups in total. The van der Waals surface area contributed by atoms with Crippen molar-refractivity contribution in [3.05, 3.63) is 30.1 Å². The number of ether oxygens (including phenoxy) is 2. The summed E-state index contributed by atoms with van der Waals surface area (Å²) in [5.74, 6) is 2.19. The van der Waals surface area contributed by atoms with Crippen LogP contribution in [0, 0.1) is 4.78 Å². The minimum atomic E-state index is -2.72. The van der Waals surface area contributed by atoms with Gasteiger partial charge in [0.15, 0.2) is 5.82 Å². The third kappa shape index (κ3) is 3.63. The van der Waals surface area contributed by atoms with E-state index in [4.69, 9.17) is 24.2 Å². The highest BCUT2D eigenvalue weighted by atomic mass is 32.2. The van der Waals surface area contributed by atoms with Crippen LogP contribution in [-0.4, -0.2) is 62.8 Å². The summed E-state index contributed by atoms with van der Waals surface area (Å²) in [5, 5.41) is 0.506. The summed E-state index contributed by atoms with van der Waals surface area (Å²) in [7, 11) is -1.15. The van der Waals surface area contributed by atoms with E-state index >= 15 is 0 Å². The van der Waals surface area contributed by atoms with Gasteiger partial charge < -0.3 is 19.4 Å². The molecule has 31 heavy (non-hydrogen) atoms. The molecule has 2 saturated heterocycles. The van der Waals surface area contributed by atoms with E-state index in [0.717, 1.165) is 29.7 Å². The maximum absolute atomic E-state index is 12.9. The van der Waals surface area contributed by atoms with Gasteiger partial charge in [-0.15, -0.1) is 0 Å². The zero-order valence-electron chi connectivity index (χ0n) is 17.6. The van der Waals surface area contributed by atoms with Crippen molar-refractivity contribution in [2.75, 3.05) is 37.5 Å². The number of fused-ring (bicyclic) bond motifs is 1. The molecule has 0 saturated carbocycles. The molecule has 2 aliphatic rings. The number of aromatic nitrogens is 4. The number of morpholine rings is 1. The van der Waals surface area contributed by atoms with Crippen LogP contribution in [0.5, 0.6) is 5.88 Å². The van der Waals surface area contributed by atoms with Gasteiger partial charge in [-0.3, -0.25) is 4.78 Å². The molecule has 3 atom stereocenters. The molecule has 0 bridgehead atoms. The normalized spacial score (nSPS) is 26.5. The first-order valence-electron chi connectivity index (χ1n) is 10.5. The number of nitrogens with one attached hydrogen (secondary N) is 2. The lowest BCUT2D eigenvalue weighted by Gasteiger charge is -2.34. The van der Waals surface area contributed by atoms with E-state index in [-0.39, 0.29) is 11.3 Å². The monoisotopic (exact) mass is 442 g/mol. The number of methoxy groups -OCH3 is 1. The molecule has 0 spiro atoms. The minimum absolute atomic E-state index is 0.160. The van der Waals surface area contributed by atoms with E-state index < -0.39 is 9.73 Å². The van der Waals surface area contributed by atoms with Crippen LogP contribution in [0.25, 0.3) is 22.4 Å². The average Bonchev–Trinajstić information content (AvgIpc) is 3.38. The van der Waals surface area contributed by atoms with Crippen LogP contribution in [0.3, 0.4) is 0 Å². The van der Waals surface area contributed by atoms with E-state index in [0.29, 0.717) is 48.4 Å². The number of aromatic amines is 1. The van der Waals surface area contributed by atoms with E-state index in [1.54, 1.807) is 7.11 Å². The summed E-state index contributed by atoms with van der Waals surface area (Å²) in [6.45, 7) is 4.07. The maximum atomic E-state index is 12.9. The summed E-state index contributed by atoms with van der Waals surface area (Å²) in [6.07, 6.45) is 3.31. The molecule has 9 nitrogen and oxygen atoms in total. The van der Waals surface area contributed by atoms with Gasteiger partial charge in [-0.2, -0.15) is 4.98 Å². The molecule has 5 heterocycles. The van der Waals surface area contributed by atoms with Gasteiger partial charge >= 0.3 is 0 Å². The predicted octanol–water partition coefficient (Wildman–Crippen LogP) is 3.14. The Labute approximate surface area is 181 Å². The number of pyridine rings is 1. The molecular weight excluding hydrogens is 416 g/mol. The van der Waals surface area contributed by atoms with Gasteiger partial charge in [-0.1, -0.05) is 0 Å². The molecule has 0 aromatic carbocycles. The number of hydrogen-bond donors (Lipinski definition) is 2. The lowest BCUT2D eigenvalue weighted by Crippen LogP contribution is -2.44. The number of anilines is 1. The molecule has 164 valence electrons. The largest absolute Gasteiger partial charge is 0.481 e. The Bertz CT molecular complexity index is 1230. The van der Waals surface area contributed by atoms with Crippen molar-refractivity contribution in [3.8, 4) is 17.3 Å².